The maximum absolute atomic E-state index is 11.1. The monoisotopic (exact) mass is 213 g/mol. The van der Waals surface area contributed by atoms with Gasteiger partial charge in [0.2, 0.25) is 0 Å². The lowest BCUT2D eigenvalue weighted by Crippen LogP contribution is -2.52. The summed E-state index contributed by atoms with van der Waals surface area (Å²) < 4.78 is 0. The van der Waals surface area contributed by atoms with E-state index in [1.165, 1.54) is 0 Å². The van der Waals surface area contributed by atoms with Crippen molar-refractivity contribution in [3.8, 4) is 0 Å². The summed E-state index contributed by atoms with van der Waals surface area (Å²) in [5.41, 5.74) is 0. The molecule has 3 N–H and O–H groups in total. The summed E-state index contributed by atoms with van der Waals surface area (Å²) in [6.07, 6.45) is 0.992. The van der Waals surface area contributed by atoms with Crippen LogP contribution in [0.1, 0.15) is 12.8 Å². The Kier molecular flexibility index (Phi) is 2.65. The molecule has 1 saturated heterocycles. The minimum absolute atomic E-state index is 0.0175. The number of carboxylic acid groups (broad SMARTS) is 2. The molecule has 1 aliphatic carbocycles. The van der Waals surface area contributed by atoms with Gasteiger partial charge in [-0.15, -0.1) is 0 Å². The Morgan fingerprint density at radius 2 is 1.53 bits per heavy atom. The molecule has 1 saturated carbocycles. The highest BCUT2D eigenvalue weighted by Crippen LogP contribution is 2.40. The maximum atomic E-state index is 11.1. The fraction of sp³-hybridized carbons (Fsp3) is 0.800. The van der Waals surface area contributed by atoms with E-state index in [2.05, 4.69) is 5.32 Å². The number of fused-ring (bicyclic) bond motifs is 2. The molecule has 15 heavy (non-hydrogen) atoms. The standard InChI is InChI=1S/C10H15NO4/c12-9(13)5-1-6-3-11-4-7(2-5)8(6)10(14)15/h5-8,11H,1-4H2,(H,12,13)(H,14,15). The second kappa shape index (κ2) is 3.81. The predicted molar refractivity (Wildman–Crippen MR) is 51.3 cm³/mol. The Bertz CT molecular complexity index is 277. The van der Waals surface area contributed by atoms with Crippen molar-refractivity contribution >= 4 is 11.9 Å². The highest BCUT2D eigenvalue weighted by Gasteiger charge is 2.45. The van der Waals surface area contributed by atoms with Crippen LogP contribution in [-0.4, -0.2) is 35.2 Å². The number of hydrogen-bond acceptors (Lipinski definition) is 3. The number of hydrogen-bond donors (Lipinski definition) is 3. The van der Waals surface area contributed by atoms with Gasteiger partial charge in [0.05, 0.1) is 11.8 Å². The lowest BCUT2D eigenvalue weighted by Gasteiger charge is -2.42. The van der Waals surface area contributed by atoms with Gasteiger partial charge in [-0.2, -0.15) is 0 Å². The molecular formula is C10H15NO4. The maximum Gasteiger partial charge on any atom is 0.307 e. The van der Waals surface area contributed by atoms with Crippen LogP contribution in [-0.2, 0) is 9.59 Å². The summed E-state index contributed by atoms with van der Waals surface area (Å²) in [5.74, 6) is -2.28. The Labute approximate surface area is 87.5 Å². The molecule has 2 bridgehead atoms. The van der Waals surface area contributed by atoms with E-state index in [1.807, 2.05) is 0 Å². The van der Waals surface area contributed by atoms with E-state index >= 15 is 0 Å². The van der Waals surface area contributed by atoms with Crippen LogP contribution in [0.2, 0.25) is 0 Å². The summed E-state index contributed by atoms with van der Waals surface area (Å²) in [4.78, 5) is 22.0. The van der Waals surface area contributed by atoms with Crippen LogP contribution in [0.15, 0.2) is 0 Å². The van der Waals surface area contributed by atoms with E-state index in [0.29, 0.717) is 25.9 Å². The second-order valence-electron chi connectivity index (χ2n) is 4.55. The highest BCUT2D eigenvalue weighted by molar-refractivity contribution is 5.74. The quantitative estimate of drug-likeness (QED) is 0.602. The summed E-state index contributed by atoms with van der Waals surface area (Å²) >= 11 is 0. The molecule has 1 heterocycles. The fourth-order valence-electron chi connectivity index (χ4n) is 2.98. The van der Waals surface area contributed by atoms with E-state index in [0.717, 1.165) is 0 Å². The molecule has 2 unspecified atom stereocenters. The Morgan fingerprint density at radius 1 is 1.00 bits per heavy atom. The summed E-state index contributed by atoms with van der Waals surface area (Å²) in [5, 5.41) is 21.2. The third kappa shape index (κ3) is 1.84. The molecule has 2 fully saturated rings. The van der Waals surface area contributed by atoms with Gasteiger partial charge in [0.15, 0.2) is 0 Å². The minimum atomic E-state index is -0.782. The Hall–Kier alpha value is -1.10. The summed E-state index contributed by atoms with van der Waals surface area (Å²) in [7, 11) is 0. The van der Waals surface area contributed by atoms with Crippen molar-refractivity contribution in [3.63, 3.8) is 0 Å². The smallest absolute Gasteiger partial charge is 0.307 e. The number of carboxylic acids is 2. The third-order valence-electron chi connectivity index (χ3n) is 3.64. The van der Waals surface area contributed by atoms with Crippen LogP contribution in [0.5, 0.6) is 0 Å². The first-order valence-electron chi connectivity index (χ1n) is 5.26. The van der Waals surface area contributed by atoms with Crippen molar-refractivity contribution in [3.05, 3.63) is 0 Å². The largest absolute Gasteiger partial charge is 0.481 e. The zero-order valence-electron chi connectivity index (χ0n) is 8.35. The van der Waals surface area contributed by atoms with Gasteiger partial charge in [-0.3, -0.25) is 9.59 Å². The second-order valence-corrected chi connectivity index (χ2v) is 4.55. The molecule has 0 radical (unpaired) electrons. The van der Waals surface area contributed by atoms with Crippen molar-refractivity contribution in [2.24, 2.45) is 23.7 Å². The van der Waals surface area contributed by atoms with Crippen molar-refractivity contribution < 1.29 is 19.8 Å². The lowest BCUT2D eigenvalue weighted by molar-refractivity contribution is -0.155. The van der Waals surface area contributed by atoms with Crippen molar-refractivity contribution in [2.45, 2.75) is 12.8 Å². The van der Waals surface area contributed by atoms with Crippen LogP contribution in [0.25, 0.3) is 0 Å². The molecule has 2 aliphatic rings. The average Bonchev–Trinajstić information content (AvgIpc) is 2.15. The van der Waals surface area contributed by atoms with Gasteiger partial charge in [-0.1, -0.05) is 0 Å². The van der Waals surface area contributed by atoms with E-state index in [-0.39, 0.29) is 23.7 Å². The molecule has 2 rings (SSSR count). The Morgan fingerprint density at radius 3 is 1.93 bits per heavy atom. The lowest BCUT2D eigenvalue weighted by atomic mass is 9.65. The van der Waals surface area contributed by atoms with Gasteiger partial charge < -0.3 is 15.5 Å². The number of aliphatic carboxylic acids is 2. The van der Waals surface area contributed by atoms with E-state index in [4.69, 9.17) is 10.2 Å². The van der Waals surface area contributed by atoms with Crippen LogP contribution >= 0.6 is 0 Å². The zero-order valence-corrected chi connectivity index (χ0v) is 8.35. The minimum Gasteiger partial charge on any atom is -0.481 e. The third-order valence-corrected chi connectivity index (χ3v) is 3.64. The molecule has 1 aliphatic heterocycles. The number of nitrogens with one attached hydrogen (secondary N) is 1. The van der Waals surface area contributed by atoms with Crippen LogP contribution in [0.3, 0.4) is 0 Å². The number of carbonyl (C=O) groups is 2. The first-order valence-corrected chi connectivity index (χ1v) is 5.26. The molecular weight excluding hydrogens is 198 g/mol. The fourth-order valence-corrected chi connectivity index (χ4v) is 2.98. The van der Waals surface area contributed by atoms with Crippen LogP contribution < -0.4 is 5.32 Å². The van der Waals surface area contributed by atoms with Gasteiger partial charge in [0, 0.05) is 0 Å². The van der Waals surface area contributed by atoms with Crippen molar-refractivity contribution in [1.29, 1.82) is 0 Å². The van der Waals surface area contributed by atoms with Crippen molar-refractivity contribution in [2.75, 3.05) is 13.1 Å². The molecule has 0 amide bonds. The van der Waals surface area contributed by atoms with E-state index in [9.17, 15) is 9.59 Å². The summed E-state index contributed by atoms with van der Waals surface area (Å²) in [6, 6.07) is 0. The van der Waals surface area contributed by atoms with Crippen LogP contribution in [0.4, 0.5) is 0 Å². The first kappa shape index (κ1) is 10.4. The van der Waals surface area contributed by atoms with Gasteiger partial charge >= 0.3 is 11.9 Å². The van der Waals surface area contributed by atoms with Gasteiger partial charge in [-0.25, -0.2) is 0 Å². The Balaban J connectivity index is 2.15. The average molecular weight is 213 g/mol. The molecule has 84 valence electrons. The number of rotatable bonds is 2. The van der Waals surface area contributed by atoms with E-state index in [1.54, 1.807) is 0 Å². The predicted octanol–water partition coefficient (Wildman–Crippen LogP) is 0.0174. The SMILES string of the molecule is O=C(O)C1CC2CNCC(C1)C2C(=O)O. The van der Waals surface area contributed by atoms with E-state index < -0.39 is 11.9 Å². The van der Waals surface area contributed by atoms with Gasteiger partial charge in [0.25, 0.3) is 0 Å². The molecule has 5 heteroatoms. The molecule has 5 nitrogen and oxygen atoms in total. The zero-order chi connectivity index (χ0) is 11.0. The first-order chi connectivity index (χ1) is 7.09. The topological polar surface area (TPSA) is 86.6 Å². The van der Waals surface area contributed by atoms with Crippen molar-refractivity contribution in [1.82, 2.24) is 5.32 Å². The molecule has 0 aromatic carbocycles. The molecule has 0 aromatic heterocycles. The van der Waals surface area contributed by atoms with Gasteiger partial charge in [0.1, 0.15) is 0 Å². The molecule has 0 spiro atoms. The highest BCUT2D eigenvalue weighted by atomic mass is 16.4. The van der Waals surface area contributed by atoms with Gasteiger partial charge in [-0.05, 0) is 37.8 Å². The van der Waals surface area contributed by atoms with Crippen LogP contribution in [0, 0.1) is 23.7 Å². The number of piperidine rings is 1. The summed E-state index contributed by atoms with van der Waals surface area (Å²) in [6.45, 7) is 1.27. The molecule has 2 atom stereocenters. The normalized spacial score (nSPS) is 39.7. The molecule has 0 aromatic rings.